The normalized spacial score (nSPS) is 11.8. The maximum absolute atomic E-state index is 14.1. The molecule has 2 aromatic rings. The highest BCUT2D eigenvalue weighted by Crippen LogP contribution is 2.15. The number of unbranched alkanes of at least 4 members (excludes halogenated alkanes) is 5. The van der Waals surface area contributed by atoms with E-state index in [4.69, 9.17) is 0 Å². The Morgan fingerprint density at radius 1 is 1.08 bits per heavy atom. The van der Waals surface area contributed by atoms with Gasteiger partial charge in [0.2, 0.25) is 0 Å². The monoisotopic (exact) mass is 329 g/mol. The summed E-state index contributed by atoms with van der Waals surface area (Å²) in [5, 5.41) is 7.96. The first-order valence-electron chi connectivity index (χ1n) is 9.09. The maximum atomic E-state index is 14.1. The van der Waals surface area contributed by atoms with Gasteiger partial charge in [0.05, 0.1) is 6.20 Å². The zero-order chi connectivity index (χ0) is 17.0. The average Bonchev–Trinajstić information content (AvgIpc) is 3.08. The van der Waals surface area contributed by atoms with Crippen LogP contribution in [0, 0.1) is 0 Å². The molecule has 0 saturated heterocycles. The Kier molecular flexibility index (Phi) is 8.22. The molecule has 1 aromatic carbocycles. The van der Waals surface area contributed by atoms with E-state index < -0.39 is 0 Å². The van der Waals surface area contributed by atoms with Gasteiger partial charge in [-0.1, -0.05) is 68.2 Å². The number of halogens is 1. The molecule has 24 heavy (non-hydrogen) atoms. The molecule has 1 aromatic heterocycles. The Morgan fingerprint density at radius 2 is 1.88 bits per heavy atom. The van der Waals surface area contributed by atoms with Crippen molar-refractivity contribution >= 4 is 5.83 Å². The molecule has 3 nitrogen and oxygen atoms in total. The summed E-state index contributed by atoms with van der Waals surface area (Å²) < 4.78 is 15.8. The van der Waals surface area contributed by atoms with Crippen molar-refractivity contribution in [2.45, 2.75) is 64.8 Å². The molecule has 0 bridgehead atoms. The Morgan fingerprint density at radius 3 is 2.67 bits per heavy atom. The van der Waals surface area contributed by atoms with Crippen molar-refractivity contribution < 1.29 is 4.39 Å². The molecule has 130 valence electrons. The summed E-state index contributed by atoms with van der Waals surface area (Å²) >= 11 is 0. The summed E-state index contributed by atoms with van der Waals surface area (Å²) in [7, 11) is 0. The van der Waals surface area contributed by atoms with Gasteiger partial charge in [0, 0.05) is 6.54 Å². The molecule has 0 aliphatic rings. The zero-order valence-corrected chi connectivity index (χ0v) is 14.6. The fourth-order valence-corrected chi connectivity index (χ4v) is 2.69. The van der Waals surface area contributed by atoms with E-state index >= 15 is 0 Å². The largest absolute Gasteiger partial charge is 0.252 e. The lowest BCUT2D eigenvalue weighted by Gasteiger charge is -2.01. The van der Waals surface area contributed by atoms with Gasteiger partial charge in [-0.25, -0.2) is 4.39 Å². The summed E-state index contributed by atoms with van der Waals surface area (Å²) in [5.41, 5.74) is 1.66. The second-order valence-corrected chi connectivity index (χ2v) is 6.21. The van der Waals surface area contributed by atoms with E-state index in [1.54, 1.807) is 17.0 Å². The molecule has 0 N–H and O–H groups in total. The lowest BCUT2D eigenvalue weighted by atomic mass is 10.1. The number of allylic oxidation sites excluding steroid dienone is 1. The van der Waals surface area contributed by atoms with Crippen molar-refractivity contribution in [2.75, 3.05) is 0 Å². The third kappa shape index (κ3) is 6.65. The SMILES string of the molecule is CCCCCCC/C=C(\F)c1cn(CCCc2ccccc2)nn1. The van der Waals surface area contributed by atoms with E-state index in [2.05, 4.69) is 29.4 Å². The van der Waals surface area contributed by atoms with Crippen LogP contribution in [-0.4, -0.2) is 15.0 Å². The summed E-state index contributed by atoms with van der Waals surface area (Å²) in [6, 6.07) is 10.4. The first-order valence-corrected chi connectivity index (χ1v) is 9.09. The highest BCUT2D eigenvalue weighted by Gasteiger charge is 2.06. The molecule has 0 spiro atoms. The molecule has 0 aliphatic heterocycles. The lowest BCUT2D eigenvalue weighted by molar-refractivity contribution is 0.558. The Labute approximate surface area is 144 Å². The zero-order valence-electron chi connectivity index (χ0n) is 14.6. The van der Waals surface area contributed by atoms with Crippen LogP contribution in [0.5, 0.6) is 0 Å². The van der Waals surface area contributed by atoms with Crippen LogP contribution in [0.3, 0.4) is 0 Å². The molecule has 0 saturated carbocycles. The Hall–Kier alpha value is -1.97. The third-order valence-corrected chi connectivity index (χ3v) is 4.11. The molecule has 0 amide bonds. The fraction of sp³-hybridized carbons (Fsp3) is 0.500. The standard InChI is InChI=1S/C20H28FN3/c1-2-3-4-5-6-10-15-19(21)20-17-24(23-22-20)16-11-14-18-12-8-7-9-13-18/h7-9,12-13,15,17H,2-6,10-11,14,16H2,1H3/b19-15-. The fourth-order valence-electron chi connectivity index (χ4n) is 2.69. The molecular formula is C20H28FN3. The average molecular weight is 329 g/mol. The second-order valence-electron chi connectivity index (χ2n) is 6.21. The molecule has 0 fully saturated rings. The van der Waals surface area contributed by atoms with Gasteiger partial charge in [-0.15, -0.1) is 5.10 Å². The molecule has 1 heterocycles. The van der Waals surface area contributed by atoms with Crippen LogP contribution in [-0.2, 0) is 13.0 Å². The Bertz CT molecular complexity index is 604. The smallest absolute Gasteiger partial charge is 0.148 e. The van der Waals surface area contributed by atoms with Crippen LogP contribution in [0.4, 0.5) is 4.39 Å². The molecular weight excluding hydrogens is 301 g/mol. The number of nitrogens with zero attached hydrogens (tertiary/aromatic N) is 3. The van der Waals surface area contributed by atoms with E-state index in [9.17, 15) is 4.39 Å². The lowest BCUT2D eigenvalue weighted by Crippen LogP contribution is -2.00. The van der Waals surface area contributed by atoms with Crippen molar-refractivity contribution in [3.8, 4) is 0 Å². The van der Waals surface area contributed by atoms with Gasteiger partial charge >= 0.3 is 0 Å². The van der Waals surface area contributed by atoms with Gasteiger partial charge < -0.3 is 0 Å². The minimum atomic E-state index is -0.250. The van der Waals surface area contributed by atoms with Gasteiger partial charge in [-0.05, 0) is 37.3 Å². The van der Waals surface area contributed by atoms with E-state index in [1.165, 1.54) is 31.2 Å². The summed E-state index contributed by atoms with van der Waals surface area (Å²) in [6.45, 7) is 2.95. The predicted octanol–water partition coefficient (Wildman–Crippen LogP) is 5.58. The summed E-state index contributed by atoms with van der Waals surface area (Å²) in [6.07, 6.45) is 12.0. The summed E-state index contributed by atoms with van der Waals surface area (Å²) in [4.78, 5) is 0. The van der Waals surface area contributed by atoms with E-state index in [-0.39, 0.29) is 5.83 Å². The van der Waals surface area contributed by atoms with Crippen LogP contribution in [0.25, 0.3) is 5.83 Å². The van der Waals surface area contributed by atoms with Crippen LogP contribution in [0.15, 0.2) is 42.6 Å². The van der Waals surface area contributed by atoms with Crippen molar-refractivity contribution in [3.05, 3.63) is 53.9 Å². The number of hydrogen-bond donors (Lipinski definition) is 0. The minimum absolute atomic E-state index is 0.250. The quantitative estimate of drug-likeness (QED) is 0.504. The summed E-state index contributed by atoms with van der Waals surface area (Å²) in [5.74, 6) is -0.250. The van der Waals surface area contributed by atoms with Crippen molar-refractivity contribution in [1.29, 1.82) is 0 Å². The topological polar surface area (TPSA) is 30.7 Å². The van der Waals surface area contributed by atoms with Gasteiger partial charge in [-0.3, -0.25) is 4.68 Å². The number of aromatic nitrogens is 3. The first kappa shape index (κ1) is 18.4. The maximum Gasteiger partial charge on any atom is 0.148 e. The van der Waals surface area contributed by atoms with Crippen LogP contribution >= 0.6 is 0 Å². The molecule has 0 radical (unpaired) electrons. The van der Waals surface area contributed by atoms with Gasteiger partial charge in [0.25, 0.3) is 0 Å². The van der Waals surface area contributed by atoms with Gasteiger partial charge in [0.1, 0.15) is 11.5 Å². The number of benzene rings is 1. The molecule has 4 heteroatoms. The van der Waals surface area contributed by atoms with Gasteiger partial charge in [0.15, 0.2) is 0 Å². The number of aryl methyl sites for hydroxylation is 2. The number of rotatable bonds is 11. The van der Waals surface area contributed by atoms with Crippen molar-refractivity contribution in [3.63, 3.8) is 0 Å². The van der Waals surface area contributed by atoms with E-state index in [1.807, 2.05) is 18.2 Å². The second kappa shape index (κ2) is 10.7. The van der Waals surface area contributed by atoms with E-state index in [0.717, 1.165) is 32.2 Å². The Balaban J connectivity index is 1.71. The van der Waals surface area contributed by atoms with Crippen molar-refractivity contribution in [1.82, 2.24) is 15.0 Å². The van der Waals surface area contributed by atoms with E-state index in [0.29, 0.717) is 5.69 Å². The molecule has 0 unspecified atom stereocenters. The first-order chi connectivity index (χ1) is 11.8. The predicted molar refractivity (Wildman–Crippen MR) is 97.2 cm³/mol. The van der Waals surface area contributed by atoms with Crippen LogP contribution in [0.1, 0.15) is 63.1 Å². The van der Waals surface area contributed by atoms with Crippen LogP contribution in [0.2, 0.25) is 0 Å². The van der Waals surface area contributed by atoms with Gasteiger partial charge in [-0.2, -0.15) is 0 Å². The van der Waals surface area contributed by atoms with Crippen molar-refractivity contribution in [2.24, 2.45) is 0 Å². The van der Waals surface area contributed by atoms with Crippen LogP contribution < -0.4 is 0 Å². The molecule has 2 rings (SSSR count). The highest BCUT2D eigenvalue weighted by molar-refractivity contribution is 5.53. The third-order valence-electron chi connectivity index (χ3n) is 4.11. The molecule has 0 aliphatic carbocycles. The number of hydrogen-bond acceptors (Lipinski definition) is 2. The highest BCUT2D eigenvalue weighted by atomic mass is 19.1. The minimum Gasteiger partial charge on any atom is -0.252 e. The molecule has 0 atom stereocenters.